The van der Waals surface area contributed by atoms with Crippen LogP contribution in [0.5, 0.6) is 17.2 Å². The van der Waals surface area contributed by atoms with Crippen LogP contribution >= 0.6 is 11.6 Å². The zero-order chi connectivity index (χ0) is 30.9. The number of hydrazone groups is 1. The van der Waals surface area contributed by atoms with Gasteiger partial charge in [-0.2, -0.15) is 5.10 Å². The molecule has 14 heteroatoms. The van der Waals surface area contributed by atoms with E-state index in [2.05, 4.69) is 10.5 Å². The monoisotopic (exact) mass is 618 g/mol. The van der Waals surface area contributed by atoms with Crippen molar-refractivity contribution in [1.82, 2.24) is 5.43 Å². The van der Waals surface area contributed by atoms with Crippen molar-refractivity contribution in [3.8, 4) is 17.2 Å². The SMILES string of the molecule is CCCOc1ccc(/C=N\NC(=O)CN(c2cc(Cl)ccc2OC)S(=O)(=O)c2ccc(C)c([N+](=O)[O-])c2)cc1OCC. The van der Waals surface area contributed by atoms with Crippen molar-refractivity contribution in [3.05, 3.63) is 80.9 Å². The van der Waals surface area contributed by atoms with E-state index in [9.17, 15) is 23.3 Å². The average molecular weight is 619 g/mol. The molecule has 0 aliphatic heterocycles. The lowest BCUT2D eigenvalue weighted by atomic mass is 10.2. The number of amides is 1. The number of benzene rings is 3. The molecule has 3 rings (SSSR count). The van der Waals surface area contributed by atoms with Gasteiger partial charge in [0.05, 0.1) is 42.0 Å². The van der Waals surface area contributed by atoms with Crippen LogP contribution < -0.4 is 23.9 Å². The third kappa shape index (κ3) is 7.89. The minimum Gasteiger partial charge on any atom is -0.495 e. The quantitative estimate of drug-likeness (QED) is 0.149. The van der Waals surface area contributed by atoms with Gasteiger partial charge >= 0.3 is 0 Å². The van der Waals surface area contributed by atoms with Gasteiger partial charge in [-0.05, 0) is 68.3 Å². The summed E-state index contributed by atoms with van der Waals surface area (Å²) >= 11 is 6.15. The van der Waals surface area contributed by atoms with Crippen molar-refractivity contribution in [2.45, 2.75) is 32.1 Å². The summed E-state index contributed by atoms with van der Waals surface area (Å²) in [6.45, 7) is 5.52. The Morgan fingerprint density at radius 2 is 1.81 bits per heavy atom. The Bertz CT molecular complexity index is 1580. The largest absolute Gasteiger partial charge is 0.495 e. The maximum atomic E-state index is 13.8. The highest BCUT2D eigenvalue weighted by Gasteiger charge is 2.31. The molecule has 0 spiro atoms. The Balaban J connectivity index is 1.92. The van der Waals surface area contributed by atoms with Crippen LogP contribution in [-0.4, -0.2) is 52.3 Å². The molecule has 3 aromatic carbocycles. The third-order valence-electron chi connectivity index (χ3n) is 5.79. The number of nitro groups is 1. The van der Waals surface area contributed by atoms with Gasteiger partial charge in [-0.3, -0.25) is 19.2 Å². The molecule has 0 aliphatic rings. The van der Waals surface area contributed by atoms with Crippen molar-refractivity contribution in [1.29, 1.82) is 0 Å². The van der Waals surface area contributed by atoms with E-state index in [1.54, 1.807) is 18.2 Å². The summed E-state index contributed by atoms with van der Waals surface area (Å²) in [5.74, 6) is 0.396. The maximum absolute atomic E-state index is 13.8. The van der Waals surface area contributed by atoms with Gasteiger partial charge in [-0.25, -0.2) is 13.8 Å². The second kappa shape index (κ2) is 14.5. The molecule has 0 radical (unpaired) electrons. The van der Waals surface area contributed by atoms with Crippen LogP contribution in [0, 0.1) is 17.0 Å². The predicted molar refractivity (Wildman–Crippen MR) is 160 cm³/mol. The van der Waals surface area contributed by atoms with Crippen LogP contribution in [0.4, 0.5) is 11.4 Å². The summed E-state index contributed by atoms with van der Waals surface area (Å²) in [6.07, 6.45) is 2.20. The molecule has 1 N–H and O–H groups in total. The smallest absolute Gasteiger partial charge is 0.273 e. The van der Waals surface area contributed by atoms with Gasteiger partial charge in [0.1, 0.15) is 12.3 Å². The van der Waals surface area contributed by atoms with E-state index in [0.29, 0.717) is 30.3 Å². The maximum Gasteiger partial charge on any atom is 0.273 e. The molecule has 0 heterocycles. The van der Waals surface area contributed by atoms with Crippen LogP contribution in [0.25, 0.3) is 0 Å². The summed E-state index contributed by atoms with van der Waals surface area (Å²) in [7, 11) is -3.20. The topological polar surface area (TPSA) is 150 Å². The highest BCUT2D eigenvalue weighted by Crippen LogP contribution is 2.35. The summed E-state index contributed by atoms with van der Waals surface area (Å²) in [5, 5.41) is 15.6. The van der Waals surface area contributed by atoms with Crippen LogP contribution in [0.1, 0.15) is 31.4 Å². The van der Waals surface area contributed by atoms with Gasteiger partial charge in [0.2, 0.25) is 0 Å². The summed E-state index contributed by atoms with van der Waals surface area (Å²) in [4.78, 5) is 23.4. The Hall–Kier alpha value is -4.36. The first-order valence-electron chi connectivity index (χ1n) is 12.8. The first-order valence-corrected chi connectivity index (χ1v) is 14.7. The van der Waals surface area contributed by atoms with E-state index in [-0.39, 0.29) is 27.7 Å². The normalized spacial score (nSPS) is 11.3. The van der Waals surface area contributed by atoms with Gasteiger partial charge in [-0.15, -0.1) is 0 Å². The number of hydrogen-bond acceptors (Lipinski definition) is 9. The van der Waals surface area contributed by atoms with Gasteiger partial charge in [0.15, 0.2) is 11.5 Å². The lowest BCUT2D eigenvalue weighted by Crippen LogP contribution is -2.39. The van der Waals surface area contributed by atoms with Gasteiger partial charge in [-0.1, -0.05) is 24.6 Å². The number of halogens is 1. The molecule has 0 saturated carbocycles. The number of rotatable bonds is 14. The molecule has 0 aromatic heterocycles. The van der Waals surface area contributed by atoms with Gasteiger partial charge in [0.25, 0.3) is 21.6 Å². The highest BCUT2D eigenvalue weighted by molar-refractivity contribution is 7.92. The molecule has 1 amide bonds. The predicted octanol–water partition coefficient (Wildman–Crippen LogP) is 5.10. The second-order valence-electron chi connectivity index (χ2n) is 8.81. The standard InChI is InChI=1S/C28H31ClN4O8S/c1-5-13-41-26-11-8-20(14-27(26)40-6-2)17-30-31-28(34)18-32(24-15-21(29)9-12-25(24)39-4)42(37,38)22-10-7-19(3)23(16-22)33(35)36/h7-12,14-17H,5-6,13,18H2,1-4H3,(H,31,34)/b30-17-. The van der Waals surface area contributed by atoms with Crippen LogP contribution in [0.3, 0.4) is 0 Å². The molecule has 0 unspecified atom stereocenters. The zero-order valence-electron chi connectivity index (χ0n) is 23.5. The molecular weight excluding hydrogens is 588 g/mol. The molecular formula is C28H31ClN4O8S. The van der Waals surface area contributed by atoms with Crippen molar-refractivity contribution in [2.75, 3.05) is 31.2 Å². The second-order valence-corrected chi connectivity index (χ2v) is 11.1. The van der Waals surface area contributed by atoms with E-state index in [0.717, 1.165) is 16.8 Å². The third-order valence-corrected chi connectivity index (χ3v) is 7.79. The molecule has 12 nitrogen and oxygen atoms in total. The van der Waals surface area contributed by atoms with E-state index in [1.165, 1.54) is 50.6 Å². The number of aryl methyl sites for hydroxylation is 1. The number of ether oxygens (including phenoxy) is 3. The molecule has 0 saturated heterocycles. The van der Waals surface area contributed by atoms with Crippen molar-refractivity contribution < 1.29 is 32.3 Å². The summed E-state index contributed by atoms with van der Waals surface area (Å²) < 4.78 is 45.0. The van der Waals surface area contributed by atoms with Crippen LogP contribution in [0.15, 0.2) is 64.6 Å². The van der Waals surface area contributed by atoms with E-state index in [1.807, 2.05) is 13.8 Å². The molecule has 0 atom stereocenters. The molecule has 42 heavy (non-hydrogen) atoms. The Morgan fingerprint density at radius 1 is 1.07 bits per heavy atom. The lowest BCUT2D eigenvalue weighted by Gasteiger charge is -2.25. The number of sulfonamides is 1. The van der Waals surface area contributed by atoms with Crippen molar-refractivity contribution in [3.63, 3.8) is 0 Å². The fourth-order valence-corrected chi connectivity index (χ4v) is 5.39. The van der Waals surface area contributed by atoms with Gasteiger partial charge in [0, 0.05) is 16.7 Å². The van der Waals surface area contributed by atoms with Gasteiger partial charge < -0.3 is 14.2 Å². The Morgan fingerprint density at radius 3 is 2.48 bits per heavy atom. The summed E-state index contributed by atoms with van der Waals surface area (Å²) in [5.41, 5.74) is 2.75. The van der Waals surface area contributed by atoms with Crippen LogP contribution in [-0.2, 0) is 14.8 Å². The molecule has 0 fully saturated rings. The number of nitrogens with zero attached hydrogens (tertiary/aromatic N) is 3. The number of nitrogens with one attached hydrogen (secondary N) is 1. The fourth-order valence-electron chi connectivity index (χ4n) is 3.78. The first kappa shape index (κ1) is 32.2. The van der Waals surface area contributed by atoms with E-state index >= 15 is 0 Å². The zero-order valence-corrected chi connectivity index (χ0v) is 25.1. The minimum atomic E-state index is -4.53. The number of methoxy groups -OCH3 is 1. The number of anilines is 1. The van der Waals surface area contributed by atoms with Crippen LogP contribution in [0.2, 0.25) is 5.02 Å². The lowest BCUT2D eigenvalue weighted by molar-refractivity contribution is -0.385. The average Bonchev–Trinajstić information content (AvgIpc) is 2.95. The first-order chi connectivity index (χ1) is 20.0. The Labute approximate surface area is 249 Å². The molecule has 224 valence electrons. The van der Waals surface area contributed by atoms with E-state index < -0.39 is 32.3 Å². The van der Waals surface area contributed by atoms with Crippen molar-refractivity contribution in [2.24, 2.45) is 5.10 Å². The number of hydrogen-bond donors (Lipinski definition) is 1. The van der Waals surface area contributed by atoms with E-state index in [4.69, 9.17) is 25.8 Å². The summed E-state index contributed by atoms with van der Waals surface area (Å²) in [6, 6.07) is 12.9. The molecule has 0 bridgehead atoms. The highest BCUT2D eigenvalue weighted by atomic mass is 35.5. The molecule has 0 aliphatic carbocycles. The van der Waals surface area contributed by atoms with Crippen molar-refractivity contribution >= 4 is 45.1 Å². The number of carbonyl (C=O) groups is 1. The number of carbonyl (C=O) groups excluding carboxylic acids is 1. The number of nitro benzene ring substituents is 1. The minimum absolute atomic E-state index is 0.0450. The Kier molecular flexibility index (Phi) is 11.1. The fraction of sp³-hybridized carbons (Fsp3) is 0.286. The molecule has 3 aromatic rings.